The van der Waals surface area contributed by atoms with Crippen LogP contribution in [0.5, 0.6) is 0 Å². The highest BCUT2D eigenvalue weighted by Crippen LogP contribution is 2.32. The highest BCUT2D eigenvalue weighted by molar-refractivity contribution is 9.10. The Morgan fingerprint density at radius 2 is 1.81 bits per heavy atom. The van der Waals surface area contributed by atoms with Crippen molar-refractivity contribution in [2.24, 2.45) is 5.92 Å². The molecule has 32 heavy (non-hydrogen) atoms. The summed E-state index contributed by atoms with van der Waals surface area (Å²) < 4.78 is 52.1. The number of aldehydes is 1. The fourth-order valence-electron chi connectivity index (χ4n) is 3.11. The zero-order valence-corrected chi connectivity index (χ0v) is 19.3. The van der Waals surface area contributed by atoms with Gasteiger partial charge < -0.3 is 15.0 Å². The van der Waals surface area contributed by atoms with Crippen LogP contribution < -0.4 is 5.32 Å². The number of nitrogens with one attached hydrogen (secondary N) is 1. The average molecular weight is 517 g/mol. The Balaban J connectivity index is 0.000000636. The molecule has 1 aliphatic heterocycles. The summed E-state index contributed by atoms with van der Waals surface area (Å²) in [6.07, 6.45) is -3.80. The summed E-state index contributed by atoms with van der Waals surface area (Å²) in [6.45, 7) is 4.81. The van der Waals surface area contributed by atoms with Crippen LogP contribution in [-0.2, 0) is 11.0 Å². The quantitative estimate of drug-likeness (QED) is 0.419. The second kappa shape index (κ2) is 11.6. The van der Waals surface area contributed by atoms with Crippen molar-refractivity contribution in [2.45, 2.75) is 25.4 Å². The Kier molecular flexibility index (Phi) is 9.39. The van der Waals surface area contributed by atoms with E-state index in [1.54, 1.807) is 0 Å². The first-order chi connectivity index (χ1) is 15.0. The van der Waals surface area contributed by atoms with E-state index in [9.17, 15) is 27.2 Å². The standard InChI is InChI=1S/C19H16BrF4NO2.C4H9N/c1-25(11-13(6-7-26)12-2-4-17(21)5-3-12)18(27)14-8-15(19(22,23)24)10-16(20)9-14;1-4-2-5-3-4/h2-5,7-10,13H,6,11H2,1H3;4-5H,2-3H2,1H3. The van der Waals surface area contributed by atoms with E-state index in [-0.39, 0.29) is 23.0 Å². The molecule has 1 fully saturated rings. The maximum Gasteiger partial charge on any atom is 0.416 e. The van der Waals surface area contributed by atoms with Crippen molar-refractivity contribution >= 4 is 28.1 Å². The second-order valence-corrected chi connectivity index (χ2v) is 8.74. The number of likely N-dealkylation sites (N-methyl/N-ethyl adjacent to an activating group) is 1. The van der Waals surface area contributed by atoms with Gasteiger partial charge in [-0.25, -0.2) is 4.39 Å². The van der Waals surface area contributed by atoms with E-state index in [0.29, 0.717) is 11.8 Å². The average Bonchev–Trinajstić information content (AvgIpc) is 2.71. The summed E-state index contributed by atoms with van der Waals surface area (Å²) in [7, 11) is 1.44. The maximum atomic E-state index is 13.1. The molecule has 1 aliphatic rings. The molecule has 3 rings (SSSR count). The Morgan fingerprint density at radius 1 is 1.22 bits per heavy atom. The van der Waals surface area contributed by atoms with E-state index in [4.69, 9.17) is 0 Å². The Bertz CT molecular complexity index is 915. The van der Waals surface area contributed by atoms with Crippen LogP contribution in [0.15, 0.2) is 46.9 Å². The number of alkyl halides is 3. The Hall–Kier alpha value is -2.26. The molecule has 1 unspecified atom stereocenters. The normalized spacial score (nSPS) is 14.6. The first-order valence-electron chi connectivity index (χ1n) is 10.0. The first kappa shape index (κ1) is 26.0. The monoisotopic (exact) mass is 516 g/mol. The van der Waals surface area contributed by atoms with Crippen molar-refractivity contribution in [3.05, 3.63) is 69.4 Å². The molecule has 1 N–H and O–H groups in total. The van der Waals surface area contributed by atoms with Crippen molar-refractivity contribution in [3.8, 4) is 0 Å². The lowest BCUT2D eigenvalue weighted by molar-refractivity contribution is -0.137. The fourth-order valence-corrected chi connectivity index (χ4v) is 3.60. The Morgan fingerprint density at radius 3 is 2.28 bits per heavy atom. The molecule has 0 aromatic heterocycles. The molecule has 0 aliphatic carbocycles. The van der Waals surface area contributed by atoms with Crippen molar-refractivity contribution in [1.82, 2.24) is 10.2 Å². The van der Waals surface area contributed by atoms with Crippen LogP contribution in [0.3, 0.4) is 0 Å². The maximum absolute atomic E-state index is 13.1. The van der Waals surface area contributed by atoms with Gasteiger partial charge in [0.15, 0.2) is 0 Å². The number of carbonyl (C=O) groups is 2. The van der Waals surface area contributed by atoms with Crippen LogP contribution >= 0.6 is 15.9 Å². The van der Waals surface area contributed by atoms with Gasteiger partial charge in [-0.2, -0.15) is 13.2 Å². The first-order valence-corrected chi connectivity index (χ1v) is 10.8. The number of hydrogen-bond donors (Lipinski definition) is 1. The molecule has 174 valence electrons. The van der Waals surface area contributed by atoms with Gasteiger partial charge in [-0.05, 0) is 54.9 Å². The summed E-state index contributed by atoms with van der Waals surface area (Å²) in [5, 5.41) is 3.16. The predicted octanol–water partition coefficient (Wildman–Crippen LogP) is 5.28. The van der Waals surface area contributed by atoms with Gasteiger partial charge in [-0.15, -0.1) is 0 Å². The minimum atomic E-state index is -4.58. The molecular weight excluding hydrogens is 492 g/mol. The topological polar surface area (TPSA) is 49.4 Å². The van der Waals surface area contributed by atoms with E-state index in [1.165, 1.54) is 55.4 Å². The summed E-state index contributed by atoms with van der Waals surface area (Å²) in [4.78, 5) is 24.8. The van der Waals surface area contributed by atoms with Crippen LogP contribution in [0.4, 0.5) is 17.6 Å². The molecule has 0 radical (unpaired) electrons. The van der Waals surface area contributed by atoms with E-state index < -0.39 is 29.4 Å². The largest absolute Gasteiger partial charge is 0.416 e. The van der Waals surface area contributed by atoms with Crippen LogP contribution in [-0.4, -0.2) is 43.8 Å². The molecule has 1 heterocycles. The van der Waals surface area contributed by atoms with E-state index in [1.807, 2.05) is 0 Å². The molecule has 1 amide bonds. The van der Waals surface area contributed by atoms with E-state index >= 15 is 0 Å². The lowest BCUT2D eigenvalue weighted by atomic mass is 9.95. The predicted molar refractivity (Wildman–Crippen MR) is 118 cm³/mol. The van der Waals surface area contributed by atoms with Crippen LogP contribution in [0, 0.1) is 11.7 Å². The third-order valence-electron chi connectivity index (χ3n) is 5.02. The van der Waals surface area contributed by atoms with Gasteiger partial charge in [0.2, 0.25) is 0 Å². The van der Waals surface area contributed by atoms with Crippen LogP contribution in [0.1, 0.15) is 40.7 Å². The fraction of sp³-hybridized carbons (Fsp3) is 0.391. The minimum Gasteiger partial charge on any atom is -0.341 e. The van der Waals surface area contributed by atoms with Crippen molar-refractivity contribution in [2.75, 3.05) is 26.7 Å². The lowest BCUT2D eigenvalue weighted by Gasteiger charge is -2.24. The van der Waals surface area contributed by atoms with Gasteiger partial charge in [0.05, 0.1) is 5.56 Å². The molecule has 9 heteroatoms. The number of rotatable bonds is 6. The number of hydrogen-bond acceptors (Lipinski definition) is 3. The van der Waals surface area contributed by atoms with E-state index in [2.05, 4.69) is 28.2 Å². The molecule has 0 saturated carbocycles. The SMILES string of the molecule is CC1CNC1.CN(CC(CC=O)c1ccc(F)cc1)C(=O)c1cc(Br)cc(C(F)(F)F)c1. The van der Waals surface area contributed by atoms with Crippen molar-refractivity contribution < 1.29 is 27.2 Å². The molecule has 0 spiro atoms. The molecular formula is C23H25BrF4N2O2. The highest BCUT2D eigenvalue weighted by Gasteiger charge is 2.32. The third kappa shape index (κ3) is 7.70. The summed E-state index contributed by atoms with van der Waals surface area (Å²) in [5.41, 5.74) is -0.395. The summed E-state index contributed by atoms with van der Waals surface area (Å²) in [5.74, 6) is -0.483. The third-order valence-corrected chi connectivity index (χ3v) is 5.48. The van der Waals surface area contributed by atoms with Gasteiger partial charge in [-0.3, -0.25) is 4.79 Å². The number of nitrogens with zero attached hydrogens (tertiary/aromatic N) is 1. The minimum absolute atomic E-state index is 0.0928. The van der Waals surface area contributed by atoms with E-state index in [0.717, 1.165) is 18.1 Å². The van der Waals surface area contributed by atoms with Gasteiger partial charge in [0.1, 0.15) is 12.1 Å². The summed E-state index contributed by atoms with van der Waals surface area (Å²) in [6, 6.07) is 8.52. The lowest BCUT2D eigenvalue weighted by Crippen LogP contribution is -2.39. The van der Waals surface area contributed by atoms with Crippen molar-refractivity contribution in [3.63, 3.8) is 0 Å². The second-order valence-electron chi connectivity index (χ2n) is 7.83. The number of benzene rings is 2. The van der Waals surface area contributed by atoms with Crippen LogP contribution in [0.25, 0.3) is 0 Å². The molecule has 2 aromatic rings. The van der Waals surface area contributed by atoms with Gasteiger partial charge >= 0.3 is 6.18 Å². The van der Waals surface area contributed by atoms with Gasteiger partial charge in [0, 0.05) is 36.0 Å². The Labute approximate surface area is 193 Å². The highest BCUT2D eigenvalue weighted by atomic mass is 79.9. The molecule has 4 nitrogen and oxygen atoms in total. The number of amides is 1. The van der Waals surface area contributed by atoms with Gasteiger partial charge in [0.25, 0.3) is 5.91 Å². The molecule has 1 atom stereocenters. The summed E-state index contributed by atoms with van der Waals surface area (Å²) >= 11 is 2.99. The van der Waals surface area contributed by atoms with Gasteiger partial charge in [-0.1, -0.05) is 35.0 Å². The molecule has 1 saturated heterocycles. The molecule has 0 bridgehead atoms. The number of halogens is 5. The van der Waals surface area contributed by atoms with Crippen LogP contribution in [0.2, 0.25) is 0 Å². The molecule has 2 aromatic carbocycles. The number of carbonyl (C=O) groups excluding carboxylic acids is 2. The zero-order valence-electron chi connectivity index (χ0n) is 17.8. The smallest absolute Gasteiger partial charge is 0.341 e. The zero-order chi connectivity index (χ0) is 23.9. The van der Waals surface area contributed by atoms with Crippen molar-refractivity contribution in [1.29, 1.82) is 0 Å².